The molecule has 2 fully saturated rings. The lowest BCUT2D eigenvalue weighted by Crippen LogP contribution is -2.56. The molecule has 1 aromatic carbocycles. The lowest BCUT2D eigenvalue weighted by atomic mass is 9.95. The largest absolute Gasteiger partial charge is 0.356 e. The van der Waals surface area contributed by atoms with E-state index in [-0.39, 0.29) is 24.5 Å². The van der Waals surface area contributed by atoms with Crippen molar-refractivity contribution in [2.45, 2.75) is 44.4 Å². The van der Waals surface area contributed by atoms with Gasteiger partial charge in [-0.15, -0.1) is 0 Å². The molecule has 130 valence electrons. The second-order valence-corrected chi connectivity index (χ2v) is 7.05. The fourth-order valence-electron chi connectivity index (χ4n) is 3.57. The van der Waals surface area contributed by atoms with Crippen molar-refractivity contribution in [1.29, 1.82) is 0 Å². The van der Waals surface area contributed by atoms with Crippen molar-refractivity contribution in [2.75, 3.05) is 20.2 Å². The third-order valence-corrected chi connectivity index (χ3v) is 5.28. The smallest absolute Gasteiger partial charge is 0.254 e. The highest BCUT2D eigenvalue weighted by atomic mass is 35.5. The van der Waals surface area contributed by atoms with Gasteiger partial charge in [-0.1, -0.05) is 23.7 Å². The van der Waals surface area contributed by atoms with Crippen LogP contribution in [0.1, 0.15) is 37.8 Å². The van der Waals surface area contributed by atoms with E-state index in [0.29, 0.717) is 5.02 Å². The zero-order valence-corrected chi connectivity index (χ0v) is 14.8. The minimum absolute atomic E-state index is 0.0264. The van der Waals surface area contributed by atoms with Gasteiger partial charge in [-0.25, -0.2) is 0 Å². The summed E-state index contributed by atoms with van der Waals surface area (Å²) >= 11 is 5.97. The predicted octanol–water partition coefficient (Wildman–Crippen LogP) is 2.64. The molecule has 0 spiro atoms. The Hall–Kier alpha value is -1.59. The molecule has 0 aliphatic carbocycles. The Morgan fingerprint density at radius 1 is 1.25 bits per heavy atom. The highest BCUT2D eigenvalue weighted by Crippen LogP contribution is 2.32. The van der Waals surface area contributed by atoms with Crippen LogP contribution in [-0.4, -0.2) is 54.0 Å². The highest BCUT2D eigenvalue weighted by Gasteiger charge is 2.42. The fourth-order valence-corrected chi connectivity index (χ4v) is 3.69. The van der Waals surface area contributed by atoms with Crippen LogP contribution < -0.4 is 0 Å². The Labute approximate surface area is 147 Å². The van der Waals surface area contributed by atoms with Crippen LogP contribution in [0.25, 0.3) is 0 Å². The number of hydrogen-bond acceptors (Lipinski definition) is 3. The van der Waals surface area contributed by atoms with Gasteiger partial charge in [0.05, 0.1) is 6.04 Å². The normalized spacial score (nSPS) is 28.1. The standard InChI is InChI=1S/C18H23ClN2O3/c1-12-5-3-4-10-21(12)18(23)17-16(20(2)15(22)11-24-17)13-6-8-14(19)9-7-13/h6-9,12,16-17H,3-5,10-11H2,1-2H3/t12-,16-,17+/m1/s1. The van der Waals surface area contributed by atoms with Gasteiger partial charge in [-0.05, 0) is 43.9 Å². The fraction of sp³-hybridized carbons (Fsp3) is 0.556. The topological polar surface area (TPSA) is 49.9 Å². The number of likely N-dealkylation sites (N-methyl/N-ethyl adjacent to an activating group) is 1. The van der Waals surface area contributed by atoms with Crippen molar-refractivity contribution < 1.29 is 14.3 Å². The molecule has 6 heteroatoms. The molecule has 24 heavy (non-hydrogen) atoms. The Morgan fingerprint density at radius 3 is 2.62 bits per heavy atom. The molecule has 1 aromatic rings. The first kappa shape index (κ1) is 17.2. The first-order valence-electron chi connectivity index (χ1n) is 8.42. The van der Waals surface area contributed by atoms with Gasteiger partial charge in [-0.3, -0.25) is 9.59 Å². The van der Waals surface area contributed by atoms with Crippen LogP contribution in [0.4, 0.5) is 0 Å². The monoisotopic (exact) mass is 350 g/mol. The minimum Gasteiger partial charge on any atom is -0.356 e. The summed E-state index contributed by atoms with van der Waals surface area (Å²) in [6.45, 7) is 2.77. The molecule has 2 saturated heterocycles. The van der Waals surface area contributed by atoms with Crippen molar-refractivity contribution in [3.05, 3.63) is 34.9 Å². The molecule has 2 heterocycles. The molecule has 0 radical (unpaired) electrons. The van der Waals surface area contributed by atoms with Crippen molar-refractivity contribution in [1.82, 2.24) is 9.80 Å². The van der Waals surface area contributed by atoms with Crippen LogP contribution in [-0.2, 0) is 14.3 Å². The number of likely N-dealkylation sites (tertiary alicyclic amines) is 1. The van der Waals surface area contributed by atoms with Gasteiger partial charge in [0, 0.05) is 24.7 Å². The molecular weight excluding hydrogens is 328 g/mol. The SMILES string of the molecule is C[C@@H]1CCCCN1C(=O)[C@H]1OCC(=O)N(C)[C@@H]1c1ccc(Cl)cc1. The van der Waals surface area contributed by atoms with Crippen LogP contribution in [0.3, 0.4) is 0 Å². The molecule has 0 unspecified atom stereocenters. The minimum atomic E-state index is -0.672. The van der Waals surface area contributed by atoms with E-state index in [0.717, 1.165) is 31.4 Å². The number of rotatable bonds is 2. The van der Waals surface area contributed by atoms with Crippen molar-refractivity contribution in [2.24, 2.45) is 0 Å². The maximum atomic E-state index is 13.1. The molecule has 3 rings (SSSR count). The maximum absolute atomic E-state index is 13.1. The predicted molar refractivity (Wildman–Crippen MR) is 91.7 cm³/mol. The number of carbonyl (C=O) groups is 2. The van der Waals surface area contributed by atoms with Gasteiger partial charge in [0.2, 0.25) is 5.91 Å². The van der Waals surface area contributed by atoms with Gasteiger partial charge in [0.15, 0.2) is 6.10 Å². The van der Waals surface area contributed by atoms with Gasteiger partial charge in [-0.2, -0.15) is 0 Å². The molecule has 0 saturated carbocycles. The molecule has 3 atom stereocenters. The average Bonchev–Trinajstić information content (AvgIpc) is 2.58. The summed E-state index contributed by atoms with van der Waals surface area (Å²) in [4.78, 5) is 28.7. The maximum Gasteiger partial charge on any atom is 0.254 e. The number of carbonyl (C=O) groups excluding carboxylic acids is 2. The summed E-state index contributed by atoms with van der Waals surface area (Å²) in [5.41, 5.74) is 0.859. The summed E-state index contributed by atoms with van der Waals surface area (Å²) in [6.07, 6.45) is 2.51. The van der Waals surface area contributed by atoms with Gasteiger partial charge < -0.3 is 14.5 Å². The summed E-state index contributed by atoms with van der Waals surface area (Å²) < 4.78 is 5.71. The summed E-state index contributed by atoms with van der Waals surface area (Å²) in [5, 5.41) is 0.622. The van der Waals surface area contributed by atoms with E-state index in [1.807, 2.05) is 17.0 Å². The number of amides is 2. The van der Waals surface area contributed by atoms with E-state index in [2.05, 4.69) is 6.92 Å². The Bertz CT molecular complexity index is 619. The number of halogens is 1. The van der Waals surface area contributed by atoms with Crippen LogP contribution >= 0.6 is 11.6 Å². The number of piperidine rings is 1. The second-order valence-electron chi connectivity index (χ2n) is 6.61. The summed E-state index contributed by atoms with van der Waals surface area (Å²) in [6, 6.07) is 7.04. The van der Waals surface area contributed by atoms with Crippen LogP contribution in [0.15, 0.2) is 24.3 Å². The van der Waals surface area contributed by atoms with E-state index in [9.17, 15) is 9.59 Å². The first-order chi connectivity index (χ1) is 11.5. The number of nitrogens with zero attached hydrogens (tertiary/aromatic N) is 2. The van der Waals surface area contributed by atoms with Gasteiger partial charge in [0.1, 0.15) is 6.61 Å². The molecule has 2 amide bonds. The van der Waals surface area contributed by atoms with E-state index in [4.69, 9.17) is 16.3 Å². The number of morpholine rings is 1. The van der Waals surface area contributed by atoms with Gasteiger partial charge in [0.25, 0.3) is 5.91 Å². The van der Waals surface area contributed by atoms with Crippen LogP contribution in [0.2, 0.25) is 5.02 Å². The first-order valence-corrected chi connectivity index (χ1v) is 8.80. The Balaban J connectivity index is 1.89. The van der Waals surface area contributed by atoms with E-state index in [1.54, 1.807) is 24.1 Å². The van der Waals surface area contributed by atoms with Crippen LogP contribution in [0, 0.1) is 0 Å². The molecule has 2 aliphatic rings. The molecule has 0 N–H and O–H groups in total. The Morgan fingerprint density at radius 2 is 1.96 bits per heavy atom. The van der Waals surface area contributed by atoms with Crippen molar-refractivity contribution in [3.63, 3.8) is 0 Å². The number of hydrogen-bond donors (Lipinski definition) is 0. The van der Waals surface area contributed by atoms with E-state index in [1.165, 1.54) is 0 Å². The molecule has 5 nitrogen and oxygen atoms in total. The lowest BCUT2D eigenvalue weighted by molar-refractivity contribution is -0.169. The number of benzene rings is 1. The Kier molecular flexibility index (Phi) is 5.11. The lowest BCUT2D eigenvalue weighted by Gasteiger charge is -2.42. The van der Waals surface area contributed by atoms with Crippen molar-refractivity contribution in [3.8, 4) is 0 Å². The summed E-state index contributed by atoms with van der Waals surface area (Å²) in [5.74, 6) is -0.146. The molecule has 0 aromatic heterocycles. The number of ether oxygens (including phenoxy) is 1. The molecule has 2 aliphatic heterocycles. The molecular formula is C18H23ClN2O3. The third kappa shape index (κ3) is 3.28. The zero-order chi connectivity index (χ0) is 17.3. The quantitative estimate of drug-likeness (QED) is 0.824. The zero-order valence-electron chi connectivity index (χ0n) is 14.1. The highest BCUT2D eigenvalue weighted by molar-refractivity contribution is 6.30. The molecule has 0 bridgehead atoms. The second kappa shape index (κ2) is 7.11. The summed E-state index contributed by atoms with van der Waals surface area (Å²) in [7, 11) is 1.73. The van der Waals surface area contributed by atoms with Gasteiger partial charge >= 0.3 is 0 Å². The average molecular weight is 351 g/mol. The third-order valence-electron chi connectivity index (χ3n) is 5.02. The van der Waals surface area contributed by atoms with Crippen molar-refractivity contribution >= 4 is 23.4 Å². The van der Waals surface area contributed by atoms with E-state index >= 15 is 0 Å². The van der Waals surface area contributed by atoms with Crippen LogP contribution in [0.5, 0.6) is 0 Å². The van der Waals surface area contributed by atoms with E-state index < -0.39 is 12.1 Å².